The van der Waals surface area contributed by atoms with Crippen LogP contribution in [-0.4, -0.2) is 8.07 Å². The molecule has 0 atom stereocenters. The van der Waals surface area contributed by atoms with Crippen molar-refractivity contribution in [2.75, 3.05) is 0 Å². The molecule has 0 spiro atoms. The van der Waals surface area contributed by atoms with E-state index in [1.165, 1.54) is 126 Å². The molecule has 0 N–H and O–H groups in total. The van der Waals surface area contributed by atoms with Crippen LogP contribution in [0, 0.1) is 0 Å². The average molecular weight is 711 g/mol. The molecule has 0 amide bonds. The Hall–Kier alpha value is -6.54. The van der Waals surface area contributed by atoms with Crippen LogP contribution in [0.25, 0.3) is 121 Å². The second-order valence-electron chi connectivity index (χ2n) is 16.3. The molecule has 1 aliphatic heterocycles. The molecular formula is C54H34Si. The molecule has 0 bridgehead atoms. The van der Waals surface area contributed by atoms with Crippen molar-refractivity contribution in [1.82, 2.24) is 0 Å². The highest BCUT2D eigenvalue weighted by Gasteiger charge is 2.38. The second-order valence-corrected chi connectivity index (χ2v) is 20.6. The van der Waals surface area contributed by atoms with Gasteiger partial charge in [0.2, 0.25) is 0 Å². The zero-order chi connectivity index (χ0) is 36.2. The van der Waals surface area contributed by atoms with Crippen LogP contribution in [0.3, 0.4) is 0 Å². The molecule has 10 aromatic carbocycles. The molecule has 0 radical (unpaired) electrons. The maximum absolute atomic E-state index is 2.63. The van der Waals surface area contributed by atoms with E-state index in [1.807, 2.05) is 0 Å². The summed E-state index contributed by atoms with van der Waals surface area (Å²) in [4.78, 5) is 0. The molecule has 3 aliphatic rings. The fourth-order valence-electron chi connectivity index (χ4n) is 11.0. The molecule has 2 aliphatic carbocycles. The Bertz CT molecular complexity index is 3340. The van der Waals surface area contributed by atoms with Gasteiger partial charge in [-0.1, -0.05) is 177 Å². The van der Waals surface area contributed by atoms with Crippen LogP contribution in [0.2, 0.25) is 13.1 Å². The molecular weight excluding hydrogens is 677 g/mol. The van der Waals surface area contributed by atoms with E-state index >= 15 is 0 Å². The smallest absolute Gasteiger partial charge is 0.0623 e. The first-order valence-corrected chi connectivity index (χ1v) is 22.5. The quantitative estimate of drug-likeness (QED) is 0.124. The van der Waals surface area contributed by atoms with Crippen molar-refractivity contribution in [2.45, 2.75) is 13.1 Å². The van der Waals surface area contributed by atoms with E-state index in [-0.39, 0.29) is 0 Å². The van der Waals surface area contributed by atoms with Crippen LogP contribution in [0.1, 0.15) is 0 Å². The predicted molar refractivity (Wildman–Crippen MR) is 238 cm³/mol. The van der Waals surface area contributed by atoms with Gasteiger partial charge in [0.15, 0.2) is 0 Å². The van der Waals surface area contributed by atoms with Crippen LogP contribution in [0.4, 0.5) is 0 Å². The minimum Gasteiger partial charge on any atom is -0.0623 e. The molecule has 1 heterocycles. The van der Waals surface area contributed by atoms with E-state index in [9.17, 15) is 0 Å². The van der Waals surface area contributed by atoms with Crippen LogP contribution in [-0.2, 0) is 0 Å². The summed E-state index contributed by atoms with van der Waals surface area (Å²) < 4.78 is 0. The van der Waals surface area contributed by atoms with Crippen LogP contribution < -0.4 is 10.4 Å². The highest BCUT2D eigenvalue weighted by atomic mass is 28.3. The van der Waals surface area contributed by atoms with Gasteiger partial charge < -0.3 is 0 Å². The van der Waals surface area contributed by atoms with E-state index in [1.54, 1.807) is 5.19 Å². The summed E-state index contributed by atoms with van der Waals surface area (Å²) in [5.41, 5.74) is 18.8. The van der Waals surface area contributed by atoms with Crippen molar-refractivity contribution in [3.63, 3.8) is 0 Å². The molecule has 0 aromatic heterocycles. The predicted octanol–water partition coefficient (Wildman–Crippen LogP) is 13.7. The van der Waals surface area contributed by atoms with Crippen molar-refractivity contribution < 1.29 is 0 Å². The average Bonchev–Trinajstić information content (AvgIpc) is 3.82. The minimum atomic E-state index is -1.98. The molecule has 0 unspecified atom stereocenters. The second kappa shape index (κ2) is 10.4. The van der Waals surface area contributed by atoms with Crippen LogP contribution in [0.5, 0.6) is 0 Å². The van der Waals surface area contributed by atoms with Crippen molar-refractivity contribution in [1.29, 1.82) is 0 Å². The zero-order valence-corrected chi connectivity index (χ0v) is 31.7. The maximum Gasteiger partial charge on any atom is 0.113 e. The highest BCUT2D eigenvalue weighted by molar-refractivity contribution is 7.04. The van der Waals surface area contributed by atoms with Gasteiger partial charge in [0.05, 0.1) is 0 Å². The van der Waals surface area contributed by atoms with Crippen molar-refractivity contribution >= 4 is 61.5 Å². The van der Waals surface area contributed by atoms with Gasteiger partial charge >= 0.3 is 0 Å². The molecule has 0 nitrogen and oxygen atoms in total. The van der Waals surface area contributed by atoms with E-state index in [0.717, 1.165) is 0 Å². The summed E-state index contributed by atoms with van der Waals surface area (Å²) in [6.45, 7) is 5.09. The standard InChI is InChI=1S/C54H34Si/c1-55(2)49-24-10-9-17-35(49)46-29-47-48(30-50(46)55)54(45-28-26-43-34-16-6-4-14-32(34)37-21-12-23-41(45)52(37)43)39-19-8-7-18-38(39)53(47)44-27-25-42-33-15-5-3-13-31(33)36-20-11-22-40(44)51(36)42/h3-30H,1-2H3. The summed E-state index contributed by atoms with van der Waals surface area (Å²) in [5, 5.41) is 13.8. The Labute approximate surface area is 321 Å². The van der Waals surface area contributed by atoms with E-state index < -0.39 is 8.07 Å². The molecule has 13 rings (SSSR count). The lowest BCUT2D eigenvalue weighted by Crippen LogP contribution is -2.49. The van der Waals surface area contributed by atoms with Crippen LogP contribution in [0.15, 0.2) is 170 Å². The molecule has 1 heteroatoms. The van der Waals surface area contributed by atoms with Gasteiger partial charge in [0.25, 0.3) is 0 Å². The number of hydrogen-bond donors (Lipinski definition) is 0. The fourth-order valence-corrected chi connectivity index (χ4v) is 14.1. The minimum absolute atomic E-state index is 1.30. The van der Waals surface area contributed by atoms with Crippen molar-refractivity contribution in [3.05, 3.63) is 170 Å². The SMILES string of the molecule is C[Si]1(C)c2ccccc2-c2cc3c(-c4ccc5c6c(cccc46)-c4ccccc4-5)c4ccccc4c(-c4ccc5c6c(cccc46)-c4ccccc4-5)c3cc21. The first-order valence-electron chi connectivity index (χ1n) is 19.5. The number of hydrogen-bond acceptors (Lipinski definition) is 0. The van der Waals surface area contributed by atoms with Gasteiger partial charge in [0.1, 0.15) is 8.07 Å². The van der Waals surface area contributed by atoms with Gasteiger partial charge in [-0.05, 0) is 137 Å². The van der Waals surface area contributed by atoms with Crippen molar-refractivity contribution in [2.24, 2.45) is 0 Å². The van der Waals surface area contributed by atoms with Gasteiger partial charge in [-0.2, -0.15) is 0 Å². The summed E-state index contributed by atoms with van der Waals surface area (Å²) in [6.07, 6.45) is 0. The Balaban J connectivity index is 1.21. The lowest BCUT2D eigenvalue weighted by atomic mass is 9.82. The van der Waals surface area contributed by atoms with E-state index in [4.69, 9.17) is 0 Å². The fraction of sp³-hybridized carbons (Fsp3) is 0.0370. The first kappa shape index (κ1) is 29.9. The van der Waals surface area contributed by atoms with Gasteiger partial charge in [0, 0.05) is 0 Å². The molecule has 55 heavy (non-hydrogen) atoms. The third-order valence-electron chi connectivity index (χ3n) is 13.4. The van der Waals surface area contributed by atoms with Crippen LogP contribution >= 0.6 is 0 Å². The molecule has 0 saturated heterocycles. The molecule has 0 saturated carbocycles. The number of benzene rings is 10. The molecule has 0 fully saturated rings. The topological polar surface area (TPSA) is 0 Å². The third-order valence-corrected chi connectivity index (χ3v) is 16.9. The lowest BCUT2D eigenvalue weighted by molar-refractivity contribution is 1.69. The largest absolute Gasteiger partial charge is 0.113 e. The Morgan fingerprint density at radius 1 is 0.255 bits per heavy atom. The third kappa shape index (κ3) is 3.67. The Morgan fingerprint density at radius 3 is 1.16 bits per heavy atom. The summed E-state index contributed by atoms with van der Waals surface area (Å²) in [7, 11) is -1.98. The number of rotatable bonds is 2. The Kier molecular flexibility index (Phi) is 5.62. The van der Waals surface area contributed by atoms with E-state index in [2.05, 4.69) is 183 Å². The maximum atomic E-state index is 2.63. The van der Waals surface area contributed by atoms with E-state index in [0.29, 0.717) is 0 Å². The summed E-state index contributed by atoms with van der Waals surface area (Å²) >= 11 is 0. The van der Waals surface area contributed by atoms with Gasteiger partial charge in [-0.3, -0.25) is 0 Å². The van der Waals surface area contributed by atoms with Gasteiger partial charge in [-0.15, -0.1) is 0 Å². The summed E-state index contributed by atoms with van der Waals surface area (Å²) in [5.74, 6) is 0. The number of fused-ring (bicyclic) bond motifs is 11. The molecule has 254 valence electrons. The Morgan fingerprint density at radius 2 is 0.636 bits per heavy atom. The summed E-state index contributed by atoms with van der Waals surface area (Å²) in [6, 6.07) is 65.0. The normalized spacial score (nSPS) is 13.8. The van der Waals surface area contributed by atoms with Gasteiger partial charge in [-0.25, -0.2) is 0 Å². The lowest BCUT2D eigenvalue weighted by Gasteiger charge is -2.23. The van der Waals surface area contributed by atoms with Crippen molar-refractivity contribution in [3.8, 4) is 77.9 Å². The molecule has 10 aromatic rings. The first-order chi connectivity index (χ1) is 27.1. The zero-order valence-electron chi connectivity index (χ0n) is 30.7. The monoisotopic (exact) mass is 710 g/mol. The highest BCUT2D eigenvalue weighted by Crippen LogP contribution is 2.54.